The van der Waals surface area contributed by atoms with Crippen LogP contribution in [0.15, 0.2) is 126 Å². The largest absolute Gasteiger partial charge is 0.497 e. The van der Waals surface area contributed by atoms with Crippen molar-refractivity contribution in [3.8, 4) is 5.75 Å². The highest BCUT2D eigenvalue weighted by Crippen LogP contribution is 2.36. The number of ether oxygens (including phenoxy) is 7. The van der Waals surface area contributed by atoms with Gasteiger partial charge in [0.2, 0.25) is 0 Å². The van der Waals surface area contributed by atoms with E-state index < -0.39 is 42.6 Å². The van der Waals surface area contributed by atoms with Crippen LogP contribution >= 0.6 is 15.9 Å². The van der Waals surface area contributed by atoms with E-state index in [-0.39, 0.29) is 33.0 Å². The Kier molecular flexibility index (Phi) is 14.0. The molecule has 9 heteroatoms. The second-order valence-electron chi connectivity index (χ2n) is 11.7. The molecule has 6 atom stereocenters. The molecule has 0 amide bonds. The Morgan fingerprint density at radius 3 is 1.39 bits per heavy atom. The summed E-state index contributed by atoms with van der Waals surface area (Å²) >= 11 is 3.52. The third kappa shape index (κ3) is 10.6. The van der Waals surface area contributed by atoms with Gasteiger partial charge in [0, 0.05) is 11.4 Å². The highest BCUT2D eigenvalue weighted by molar-refractivity contribution is 9.10. The van der Waals surface area contributed by atoms with Crippen molar-refractivity contribution >= 4 is 21.9 Å². The second kappa shape index (κ2) is 18.8. The van der Waals surface area contributed by atoms with Crippen LogP contribution in [-0.4, -0.2) is 56.3 Å². The molecule has 0 N–H and O–H groups in total. The highest BCUT2D eigenvalue weighted by atomic mass is 79.9. The predicted octanol–water partition coefficient (Wildman–Crippen LogP) is 7.62. The Balaban J connectivity index is 1.55. The number of benzene rings is 4. The van der Waals surface area contributed by atoms with Crippen molar-refractivity contribution in [3.63, 3.8) is 0 Å². The molecule has 4 aromatic carbocycles. The summed E-state index contributed by atoms with van der Waals surface area (Å²) in [7, 11) is 1.62. The number of methoxy groups -OCH3 is 1. The maximum atomic E-state index is 12.7. The van der Waals surface area contributed by atoms with E-state index in [1.807, 2.05) is 109 Å². The van der Waals surface area contributed by atoms with E-state index in [9.17, 15) is 4.79 Å². The zero-order valence-corrected chi connectivity index (χ0v) is 29.4. The molecule has 4 aromatic rings. The van der Waals surface area contributed by atoms with Gasteiger partial charge >= 0.3 is 5.97 Å². The molecule has 5 rings (SSSR count). The summed E-state index contributed by atoms with van der Waals surface area (Å²) in [6.07, 6.45) is -2.97. The van der Waals surface area contributed by atoms with Gasteiger partial charge in [-0.1, -0.05) is 107 Å². The van der Waals surface area contributed by atoms with E-state index in [0.29, 0.717) is 0 Å². The van der Waals surface area contributed by atoms with Crippen LogP contribution < -0.4 is 4.74 Å². The highest BCUT2D eigenvalue weighted by Gasteiger charge is 2.56. The topological polar surface area (TPSA) is 81.7 Å². The van der Waals surface area contributed by atoms with Crippen molar-refractivity contribution in [1.29, 1.82) is 0 Å². The van der Waals surface area contributed by atoms with E-state index in [2.05, 4.69) is 22.5 Å². The van der Waals surface area contributed by atoms with Gasteiger partial charge in [-0.2, -0.15) is 0 Å². The lowest BCUT2D eigenvalue weighted by Gasteiger charge is -2.49. The Bertz CT molecular complexity index is 1570. The smallest absolute Gasteiger partial charge is 0.303 e. The number of rotatable bonds is 17. The first kappa shape index (κ1) is 36.5. The van der Waals surface area contributed by atoms with Gasteiger partial charge in [0.15, 0.2) is 6.10 Å². The van der Waals surface area contributed by atoms with Crippen molar-refractivity contribution < 1.29 is 38.0 Å². The van der Waals surface area contributed by atoms with Gasteiger partial charge in [0.05, 0.1) is 40.1 Å². The quantitative estimate of drug-likeness (QED) is 0.0812. The molecule has 258 valence electrons. The lowest BCUT2D eigenvalue weighted by atomic mass is 9.83. The molecule has 0 radical (unpaired) electrons. The average molecular weight is 732 g/mol. The Morgan fingerprint density at radius 1 is 0.592 bits per heavy atom. The minimum Gasteiger partial charge on any atom is -0.497 e. The van der Waals surface area contributed by atoms with Crippen LogP contribution in [0.3, 0.4) is 0 Å². The van der Waals surface area contributed by atoms with Crippen LogP contribution in [0.2, 0.25) is 0 Å². The Hall–Kier alpha value is -3.83. The molecular formula is C40H43BrO8. The summed E-state index contributed by atoms with van der Waals surface area (Å²) in [4.78, 5) is 12.7. The van der Waals surface area contributed by atoms with Crippen molar-refractivity contribution in [1.82, 2.24) is 0 Å². The van der Waals surface area contributed by atoms with Crippen LogP contribution in [0, 0.1) is 0 Å². The van der Waals surface area contributed by atoms with E-state index in [4.69, 9.17) is 33.2 Å². The lowest BCUT2D eigenvalue weighted by Crippen LogP contribution is -2.67. The molecule has 49 heavy (non-hydrogen) atoms. The fourth-order valence-corrected chi connectivity index (χ4v) is 6.06. The predicted molar refractivity (Wildman–Crippen MR) is 190 cm³/mol. The van der Waals surface area contributed by atoms with E-state index >= 15 is 0 Å². The number of halogens is 1. The first-order valence-electron chi connectivity index (χ1n) is 16.3. The third-order valence-corrected chi connectivity index (χ3v) is 8.71. The third-order valence-electron chi connectivity index (χ3n) is 8.18. The molecule has 0 spiro atoms. The molecule has 0 aromatic heterocycles. The Labute approximate surface area is 297 Å². The summed E-state index contributed by atoms with van der Waals surface area (Å²) in [5.41, 5.74) is 3.81. The normalized spacial score (nSPS) is 21.9. The molecule has 0 saturated heterocycles. The van der Waals surface area contributed by atoms with Gasteiger partial charge in [-0.15, -0.1) is 6.58 Å². The zero-order valence-electron chi connectivity index (χ0n) is 27.8. The molecule has 1 aliphatic rings. The van der Waals surface area contributed by atoms with Crippen molar-refractivity contribution in [2.24, 2.45) is 0 Å². The summed E-state index contributed by atoms with van der Waals surface area (Å²) in [6.45, 7) is 6.44. The van der Waals surface area contributed by atoms with Gasteiger partial charge in [-0.25, -0.2) is 0 Å². The molecule has 1 saturated carbocycles. The summed E-state index contributed by atoms with van der Waals surface area (Å²) < 4.78 is 45.7. The standard InChI is InChI=1S/C40H43BrO8/c1-4-23-44-38-36(45-24-29-11-7-5-8-12-29)35(47-26-31-15-19-33(41)20-16-31)37(46-25-30-13-9-6-10-14-30)39(40(38)49-28(2)42)48-27-32-17-21-34(43-3)22-18-32/h4-22,35-40H,1,23-27H2,2-3H3/t35-,36+,37-,38-,39+,40+/m0/s1. The van der Waals surface area contributed by atoms with Gasteiger partial charge in [-0.05, 0) is 46.5 Å². The van der Waals surface area contributed by atoms with E-state index in [1.54, 1.807) is 13.2 Å². The van der Waals surface area contributed by atoms with E-state index in [1.165, 1.54) is 6.92 Å². The number of hydrogen-bond donors (Lipinski definition) is 0. The van der Waals surface area contributed by atoms with Gasteiger partial charge in [0.1, 0.15) is 36.3 Å². The average Bonchev–Trinajstić information content (AvgIpc) is 3.13. The molecule has 1 aliphatic carbocycles. The molecule has 8 nitrogen and oxygen atoms in total. The number of esters is 1. The SMILES string of the molecule is C=CCO[C@H]1[C@H](OCc2ccccc2)[C@H](OCc2ccc(Br)cc2)[C@H](OCc2ccccc2)[C@@H](OCc2ccc(OC)cc2)[C@@H]1OC(C)=O. The minimum absolute atomic E-state index is 0.188. The molecule has 0 aliphatic heterocycles. The first-order valence-corrected chi connectivity index (χ1v) is 17.1. The van der Waals surface area contributed by atoms with Crippen molar-refractivity contribution in [2.75, 3.05) is 13.7 Å². The van der Waals surface area contributed by atoms with Crippen LogP contribution in [0.5, 0.6) is 5.75 Å². The first-order chi connectivity index (χ1) is 23.9. The molecular weight excluding hydrogens is 688 g/mol. The van der Waals surface area contributed by atoms with Gasteiger partial charge in [0.25, 0.3) is 0 Å². The van der Waals surface area contributed by atoms with Crippen LogP contribution in [0.25, 0.3) is 0 Å². The van der Waals surface area contributed by atoms with Crippen LogP contribution in [0.1, 0.15) is 29.2 Å². The fourth-order valence-electron chi connectivity index (χ4n) is 5.80. The Morgan fingerprint density at radius 2 is 0.980 bits per heavy atom. The number of carbonyl (C=O) groups excluding carboxylic acids is 1. The molecule has 0 heterocycles. The monoisotopic (exact) mass is 730 g/mol. The second-order valence-corrected chi connectivity index (χ2v) is 12.6. The van der Waals surface area contributed by atoms with Crippen LogP contribution in [0.4, 0.5) is 0 Å². The maximum absolute atomic E-state index is 12.7. The fraction of sp³-hybridized carbons (Fsp3) is 0.325. The minimum atomic E-state index is -0.898. The maximum Gasteiger partial charge on any atom is 0.303 e. The molecule has 0 bridgehead atoms. The van der Waals surface area contributed by atoms with Gasteiger partial charge in [-0.3, -0.25) is 4.79 Å². The van der Waals surface area contributed by atoms with Crippen molar-refractivity contribution in [2.45, 2.75) is 70.0 Å². The van der Waals surface area contributed by atoms with Crippen LogP contribution in [-0.2, 0) is 59.6 Å². The van der Waals surface area contributed by atoms with E-state index in [0.717, 1.165) is 32.5 Å². The van der Waals surface area contributed by atoms with Crippen molar-refractivity contribution in [3.05, 3.63) is 149 Å². The van der Waals surface area contributed by atoms with Gasteiger partial charge < -0.3 is 33.2 Å². The number of carbonyl (C=O) groups is 1. The molecule has 1 fully saturated rings. The zero-order chi connectivity index (χ0) is 34.4. The summed E-state index contributed by atoms with van der Waals surface area (Å²) in [5.74, 6) is 0.258. The lowest BCUT2D eigenvalue weighted by molar-refractivity contribution is -0.283. The molecule has 0 unspecified atom stereocenters. The number of hydrogen-bond acceptors (Lipinski definition) is 8. The summed E-state index contributed by atoms with van der Waals surface area (Å²) in [6, 6.07) is 35.3. The summed E-state index contributed by atoms with van der Waals surface area (Å²) in [5, 5.41) is 0.